The minimum atomic E-state index is -1.66. The Morgan fingerprint density at radius 3 is 1.14 bits per heavy atom. The number of nitrogens with zero attached hydrogens (tertiary/aromatic N) is 27. The number of halogens is 1. The van der Waals surface area contributed by atoms with Crippen molar-refractivity contribution in [3.05, 3.63) is 260 Å². The lowest BCUT2D eigenvalue weighted by atomic mass is 10.0. The Kier molecular flexibility index (Phi) is 51.0. The van der Waals surface area contributed by atoms with Crippen LogP contribution in [0.25, 0.3) is 67.0 Å². The second-order valence-electron chi connectivity index (χ2n) is 33.8. The normalized spacial score (nSPS) is 12.5. The van der Waals surface area contributed by atoms with Gasteiger partial charge in [0.15, 0.2) is 8.32 Å². The number of aliphatic hydroxyl groups excluding tert-OH is 1. The van der Waals surface area contributed by atoms with Gasteiger partial charge in [0.25, 0.3) is 0 Å². The molecule has 5 saturated heterocycles. The highest BCUT2D eigenvalue weighted by atomic mass is 79.9. The van der Waals surface area contributed by atoms with Crippen LogP contribution in [0.5, 0.6) is 0 Å². The zero-order valence-electron chi connectivity index (χ0n) is 79.0. The summed E-state index contributed by atoms with van der Waals surface area (Å²) in [6, 6.07) is 62.6. The molecule has 41 nitrogen and oxygen atoms in total. The van der Waals surface area contributed by atoms with Gasteiger partial charge in [0.2, 0.25) is 17.8 Å². The lowest BCUT2D eigenvalue weighted by molar-refractivity contribution is -0.193. The maximum absolute atomic E-state index is 9.16. The Bertz CT molecular complexity index is 6630. The van der Waals surface area contributed by atoms with E-state index in [2.05, 4.69) is 202 Å². The van der Waals surface area contributed by atoms with E-state index in [-0.39, 0.29) is 83.8 Å². The Morgan fingerprint density at radius 1 is 0.469 bits per heavy atom. The molecule has 0 bridgehead atoms. The number of nitrogen functional groups attached to an aromatic ring is 3. The minimum absolute atomic E-state index is 0. The van der Waals surface area contributed by atoms with Gasteiger partial charge in [-0.05, 0) is 198 Å². The summed E-state index contributed by atoms with van der Waals surface area (Å²) in [5, 5.41) is 59.9. The predicted molar refractivity (Wildman–Crippen MR) is 554 cm³/mol. The number of hydrogen-bond acceptors (Lipinski definition) is 37. The summed E-state index contributed by atoms with van der Waals surface area (Å²) in [5.74, 6) is 9.97. The van der Waals surface area contributed by atoms with Crippen molar-refractivity contribution in [2.45, 2.75) is 136 Å². The molecule has 0 aliphatic carbocycles. The molecule has 18 rings (SSSR count). The Morgan fingerprint density at radius 2 is 0.807 bits per heavy atom. The second-order valence-corrected chi connectivity index (χ2v) is 39.4. The molecule has 10 aromatic heterocycles. The molecule has 8 N–H and O–H groups in total. The van der Waals surface area contributed by atoms with Crippen LogP contribution in [0.2, 0.25) is 18.1 Å². The van der Waals surface area contributed by atoms with Crippen molar-refractivity contribution in [2.75, 3.05) is 102 Å². The van der Waals surface area contributed by atoms with E-state index in [1.54, 1.807) is 70.0 Å². The summed E-state index contributed by atoms with van der Waals surface area (Å²) in [6.45, 7) is 33.1. The predicted octanol–water partition coefficient (Wildman–Crippen LogP) is 15.0. The fourth-order valence-corrected chi connectivity index (χ4v) is 14.7. The Labute approximate surface area is 852 Å². The standard InChI is InChI=1S/C23H21N9.C22H19N9.C13H8N4.C12H20BrNOSi.C10H13N5.C10H14N2O.C4H9N.4CO2.4CH4/c1-15-11-31(12-15)22-7-3-6-18(26-22)13-32-14-21(29-30-32)20-9-19(27-23(25)28-20)17-5-2-4-16(8-17)10-24;23-12-15-4-1-5-16(10-15)18-11-19(27-22(24)26-18)20-14-31(29-28-20)13-17-6-2-7-21(25-17)30-8-3-9-30;1-2-11-7-12(17-13(15)16-11)10-5-3-4-9(6-10)8-14;1-12(2,3)16(4,5)15-9-10-7-6-8-11(13)14-10;1-8-6-15(7-8)10-4-2-3-9(13-10)5-12-14-11;1-8-5-12(6-8)10-4-2-3-9(7-13)11-10;1-4-2-5-3-4;4*2-1-3;;;;/h2-9,14-15H,11-13H2,1H3,(H2,25,27,28);1-2,4-7,10-11,14H,3,8-9,13H2,(H2,24,26,27);1,3-7H,(H2,15,16,17);6-8H,9H2,1-5H3;2-4,8H,5-7H2,1H3;2-4,8,13H,5-7H2,1H3;4-5H,2-3H2,1H3;;;;;4*1H4. The average Bonchev–Trinajstić information content (AvgIpc) is 1.64. The SMILES string of the molecule is C.C.C.C.C#Cc1cc(-c2cccc(C#N)c2)nc(N)n1.CC(C)(C)[Si](C)(C)OCc1cccc(Br)n1.CC1CN(c2cccc(CN=[N+]=[N-])n2)C1.CC1CN(c2cccc(CO)n2)C1.CC1CN(c2cccc(Cn3cc(-c4cc(-c5cccc(C#N)c5)nc(N)n4)nn3)n2)C1.CC1CNC1.N#Cc1cccc(-c2cc(-c3cn(Cc4cccc(N5CCC5)n4)nn3)nc(N)n2)c1.O=C=O.O=C=O.O=C=O.O=C=O. The molecule has 145 heavy (non-hydrogen) atoms. The Hall–Kier alpha value is -17.0. The van der Waals surface area contributed by atoms with Crippen molar-refractivity contribution < 1.29 is 47.9 Å². The van der Waals surface area contributed by atoms with Crippen LogP contribution in [-0.4, -0.2) is 188 Å². The van der Waals surface area contributed by atoms with E-state index in [0.29, 0.717) is 94.4 Å². The number of aliphatic hydroxyl groups is 1. The van der Waals surface area contributed by atoms with E-state index in [4.69, 9.17) is 103 Å². The molecule has 5 aliphatic heterocycles. The fraction of sp³-hybridized carbons (Fsp3) is 0.333. The van der Waals surface area contributed by atoms with E-state index in [9.17, 15) is 0 Å². The minimum Gasteiger partial charge on any atom is -0.411 e. The number of nitrogens with one attached hydrogen (secondary N) is 1. The number of rotatable bonds is 19. The van der Waals surface area contributed by atoms with Gasteiger partial charge in [-0.1, -0.05) is 166 Å². The van der Waals surface area contributed by atoms with Crippen LogP contribution in [-0.2, 0) is 75.6 Å². The topological polar surface area (TPSA) is 592 Å². The van der Waals surface area contributed by atoms with Gasteiger partial charge < -0.3 is 51.6 Å². The number of aromatic nitrogens is 17. The first-order valence-corrected chi connectivity index (χ1v) is 47.7. The second kappa shape index (κ2) is 61.5. The van der Waals surface area contributed by atoms with E-state index >= 15 is 0 Å². The summed E-state index contributed by atoms with van der Waals surface area (Å²) in [6.07, 6.45) is 11.1. The number of azide groups is 1. The fourth-order valence-electron chi connectivity index (χ4n) is 13.4. The van der Waals surface area contributed by atoms with Gasteiger partial charge in [0.1, 0.15) is 45.0 Å². The molecule has 0 saturated carbocycles. The van der Waals surface area contributed by atoms with Gasteiger partial charge in [0.05, 0.1) is 131 Å². The van der Waals surface area contributed by atoms with Crippen LogP contribution in [0.1, 0.15) is 135 Å². The Balaban J connectivity index is 0.000000359. The summed E-state index contributed by atoms with van der Waals surface area (Å²) < 4.78 is 10.4. The molecule has 0 amide bonds. The molecule has 3 aromatic carbocycles. The zero-order chi connectivity index (χ0) is 102. The molecule has 0 atom stereocenters. The number of carbonyl (C=O) groups excluding carboxylic acids is 8. The van der Waals surface area contributed by atoms with E-state index in [1.807, 2.05) is 134 Å². The van der Waals surface area contributed by atoms with Gasteiger partial charge in [0, 0.05) is 79.7 Å². The van der Waals surface area contributed by atoms with Gasteiger partial charge >= 0.3 is 24.6 Å². The van der Waals surface area contributed by atoms with Crippen LogP contribution < -0.4 is 42.1 Å². The molecule has 5 fully saturated rings. The number of hydrogen-bond donors (Lipinski definition) is 5. The number of terminal acetylenes is 1. The number of pyridine rings is 5. The first kappa shape index (κ1) is 120. The quantitative estimate of drug-likeness (QED) is 0.0125. The van der Waals surface area contributed by atoms with Crippen LogP contribution in [0, 0.1) is 70.0 Å². The summed E-state index contributed by atoms with van der Waals surface area (Å²) in [7, 11) is -1.66. The lowest BCUT2D eigenvalue weighted by Crippen LogP contribution is -2.45. The molecule has 0 unspecified atom stereocenters. The van der Waals surface area contributed by atoms with E-state index in [1.165, 1.54) is 19.5 Å². The maximum Gasteiger partial charge on any atom is 0.373 e. The molecular formula is C102H120BrN31O10Si. The molecule has 13 aromatic rings. The largest absolute Gasteiger partial charge is 0.411 e. The molecule has 0 radical (unpaired) electrons. The number of benzene rings is 3. The summed E-state index contributed by atoms with van der Waals surface area (Å²) >= 11 is 3.37. The molecular weight excluding hydrogens is 1930 g/mol. The van der Waals surface area contributed by atoms with Crippen molar-refractivity contribution in [2.24, 2.45) is 28.8 Å². The third kappa shape index (κ3) is 38.8. The summed E-state index contributed by atoms with van der Waals surface area (Å²) in [5.41, 5.74) is 38.7. The van der Waals surface area contributed by atoms with Gasteiger partial charge in [-0.15, -0.1) is 16.6 Å². The molecule has 754 valence electrons. The van der Waals surface area contributed by atoms with E-state index < -0.39 is 8.32 Å². The van der Waals surface area contributed by atoms with E-state index in [0.717, 1.165) is 143 Å². The number of anilines is 7. The number of nitrogens with two attached hydrogens (primary N) is 3. The van der Waals surface area contributed by atoms with Crippen molar-refractivity contribution >= 4 is 90.0 Å². The maximum atomic E-state index is 9.16. The highest BCUT2D eigenvalue weighted by Gasteiger charge is 2.37. The van der Waals surface area contributed by atoms with Crippen LogP contribution in [0.3, 0.4) is 0 Å². The summed E-state index contributed by atoms with van der Waals surface area (Å²) in [4.78, 5) is 125. The molecule has 15 heterocycles. The molecule has 0 spiro atoms. The van der Waals surface area contributed by atoms with Crippen molar-refractivity contribution in [1.29, 1.82) is 15.8 Å². The zero-order valence-corrected chi connectivity index (χ0v) is 81.6. The third-order valence-corrected chi connectivity index (χ3v) is 26.5. The highest BCUT2D eigenvalue weighted by molar-refractivity contribution is 9.10. The third-order valence-electron chi connectivity index (χ3n) is 21.6. The first-order chi connectivity index (χ1) is 67.8. The van der Waals surface area contributed by atoms with Crippen molar-refractivity contribution in [3.8, 4) is 87.1 Å². The van der Waals surface area contributed by atoms with Gasteiger partial charge in [-0.25, -0.2) is 64.2 Å². The highest BCUT2D eigenvalue weighted by Crippen LogP contribution is 2.38. The molecule has 43 heteroatoms. The van der Waals surface area contributed by atoms with Crippen molar-refractivity contribution in [1.82, 2.24) is 90.1 Å². The van der Waals surface area contributed by atoms with Gasteiger partial charge in [-0.2, -0.15) is 54.1 Å². The smallest absolute Gasteiger partial charge is 0.373 e. The molecule has 5 aliphatic rings. The lowest BCUT2D eigenvalue weighted by Gasteiger charge is -2.38. The number of nitriles is 3. The average molecular weight is 2050 g/mol. The van der Waals surface area contributed by atoms with Gasteiger partial charge in [-0.3, -0.25) is 0 Å². The van der Waals surface area contributed by atoms with Crippen LogP contribution >= 0.6 is 15.9 Å². The van der Waals surface area contributed by atoms with Crippen LogP contribution in [0.15, 0.2) is 204 Å². The van der Waals surface area contributed by atoms with Crippen molar-refractivity contribution in [3.63, 3.8) is 0 Å². The van der Waals surface area contributed by atoms with Crippen LogP contribution in [0.4, 0.5) is 41.1 Å². The first-order valence-electron chi connectivity index (χ1n) is 44.0. The monoisotopic (exact) mass is 2050 g/mol.